The first kappa shape index (κ1) is 17.0. The minimum Gasteiger partial charge on any atom is -0.353 e. The van der Waals surface area contributed by atoms with Crippen LogP contribution in [0.15, 0.2) is 24.3 Å². The molecule has 0 radical (unpaired) electrons. The predicted octanol–water partition coefficient (Wildman–Crippen LogP) is 3.81. The van der Waals surface area contributed by atoms with Crippen LogP contribution in [-0.2, 0) is 16.0 Å². The number of nitrogens with one attached hydrogen (secondary N) is 2. The minimum absolute atomic E-state index is 0.0152. The summed E-state index contributed by atoms with van der Waals surface area (Å²) in [6, 6.07) is 8.34. The van der Waals surface area contributed by atoms with Crippen molar-refractivity contribution in [1.82, 2.24) is 5.32 Å². The van der Waals surface area contributed by atoms with Crippen LogP contribution in [0.5, 0.6) is 0 Å². The fraction of sp³-hybridized carbons (Fsp3) is 0.600. The van der Waals surface area contributed by atoms with Crippen LogP contribution in [0, 0.1) is 5.41 Å². The molecule has 1 aromatic carbocycles. The molecule has 0 bridgehead atoms. The molecule has 130 valence electrons. The van der Waals surface area contributed by atoms with Gasteiger partial charge in [-0.3, -0.25) is 9.59 Å². The first-order valence-electron chi connectivity index (χ1n) is 9.31. The van der Waals surface area contributed by atoms with Gasteiger partial charge in [-0.15, -0.1) is 0 Å². The van der Waals surface area contributed by atoms with E-state index in [9.17, 15) is 9.59 Å². The molecule has 24 heavy (non-hydrogen) atoms. The number of aryl methyl sites for hydroxylation is 1. The van der Waals surface area contributed by atoms with E-state index in [1.807, 2.05) is 18.2 Å². The standard InChI is InChI=1S/C20H28N2O2/c1-2-15-7-6-8-17(13-15)22-19(24)20(11-4-3-5-12-20)14-18(23)21-16-9-10-16/h6-8,13,16H,2-5,9-12,14H2,1H3,(H,21,23)(H,22,24). The third-order valence-electron chi connectivity index (χ3n) is 5.33. The maximum absolute atomic E-state index is 13.0. The maximum Gasteiger partial charge on any atom is 0.231 e. The number of carbonyl (C=O) groups is 2. The molecule has 2 fully saturated rings. The highest BCUT2D eigenvalue weighted by atomic mass is 16.2. The van der Waals surface area contributed by atoms with Crippen LogP contribution in [0.2, 0.25) is 0 Å². The molecule has 0 aliphatic heterocycles. The molecule has 3 rings (SSSR count). The van der Waals surface area contributed by atoms with Gasteiger partial charge >= 0.3 is 0 Å². The van der Waals surface area contributed by atoms with Gasteiger partial charge in [0.05, 0.1) is 5.41 Å². The lowest BCUT2D eigenvalue weighted by Crippen LogP contribution is -2.42. The van der Waals surface area contributed by atoms with Gasteiger partial charge in [-0.25, -0.2) is 0 Å². The van der Waals surface area contributed by atoms with Crippen LogP contribution in [-0.4, -0.2) is 17.9 Å². The quantitative estimate of drug-likeness (QED) is 0.834. The molecule has 0 aromatic heterocycles. The summed E-state index contributed by atoms with van der Waals surface area (Å²) in [6.45, 7) is 2.10. The van der Waals surface area contributed by atoms with Crippen LogP contribution < -0.4 is 10.6 Å². The average Bonchev–Trinajstić information content (AvgIpc) is 3.39. The molecule has 4 heteroatoms. The molecule has 0 atom stereocenters. The zero-order chi connectivity index (χ0) is 17.0. The lowest BCUT2D eigenvalue weighted by Gasteiger charge is -2.35. The molecular formula is C20H28N2O2. The third kappa shape index (κ3) is 4.16. The Morgan fingerprint density at radius 3 is 2.58 bits per heavy atom. The van der Waals surface area contributed by atoms with E-state index in [4.69, 9.17) is 0 Å². The van der Waals surface area contributed by atoms with Crippen LogP contribution in [0.1, 0.15) is 63.9 Å². The lowest BCUT2D eigenvalue weighted by molar-refractivity contribution is -0.134. The number of carbonyl (C=O) groups excluding carboxylic acids is 2. The highest BCUT2D eigenvalue weighted by Crippen LogP contribution is 2.40. The Hall–Kier alpha value is -1.84. The van der Waals surface area contributed by atoms with Gasteiger partial charge in [0.2, 0.25) is 11.8 Å². The van der Waals surface area contributed by atoms with E-state index in [1.54, 1.807) is 0 Å². The Balaban J connectivity index is 1.71. The fourth-order valence-corrected chi connectivity index (χ4v) is 3.66. The summed E-state index contributed by atoms with van der Waals surface area (Å²) in [7, 11) is 0. The van der Waals surface area contributed by atoms with E-state index in [2.05, 4.69) is 23.6 Å². The Kier molecular flexibility index (Phi) is 5.22. The largest absolute Gasteiger partial charge is 0.353 e. The second-order valence-electron chi connectivity index (χ2n) is 7.37. The molecule has 2 aliphatic carbocycles. The van der Waals surface area contributed by atoms with Gasteiger partial charge in [0, 0.05) is 18.2 Å². The second-order valence-corrected chi connectivity index (χ2v) is 7.37. The molecule has 4 nitrogen and oxygen atoms in total. The maximum atomic E-state index is 13.0. The third-order valence-corrected chi connectivity index (χ3v) is 5.33. The van der Waals surface area contributed by atoms with Crippen molar-refractivity contribution in [2.24, 2.45) is 5.41 Å². The molecular weight excluding hydrogens is 300 g/mol. The summed E-state index contributed by atoms with van der Waals surface area (Å²) >= 11 is 0. The molecule has 0 heterocycles. The summed E-state index contributed by atoms with van der Waals surface area (Å²) in [6.07, 6.45) is 8.25. The van der Waals surface area contributed by atoms with E-state index in [0.29, 0.717) is 12.5 Å². The van der Waals surface area contributed by atoms with Gasteiger partial charge in [0.25, 0.3) is 0 Å². The van der Waals surface area contributed by atoms with Crippen molar-refractivity contribution in [2.45, 2.75) is 70.8 Å². The molecule has 2 amide bonds. The number of hydrogen-bond donors (Lipinski definition) is 2. The number of anilines is 1. The van der Waals surface area contributed by atoms with Gasteiger partial charge in [-0.1, -0.05) is 38.3 Å². The first-order chi connectivity index (χ1) is 11.6. The molecule has 0 saturated heterocycles. The van der Waals surface area contributed by atoms with E-state index in [1.165, 1.54) is 5.56 Å². The Bertz CT molecular complexity index is 601. The Morgan fingerprint density at radius 1 is 1.17 bits per heavy atom. The van der Waals surface area contributed by atoms with Crippen molar-refractivity contribution in [3.05, 3.63) is 29.8 Å². The first-order valence-corrected chi connectivity index (χ1v) is 9.31. The van der Waals surface area contributed by atoms with E-state index in [-0.39, 0.29) is 11.8 Å². The van der Waals surface area contributed by atoms with Gasteiger partial charge in [0.15, 0.2) is 0 Å². The fourth-order valence-electron chi connectivity index (χ4n) is 3.66. The molecule has 2 aliphatic rings. The number of rotatable bonds is 6. The molecule has 0 unspecified atom stereocenters. The Morgan fingerprint density at radius 2 is 1.92 bits per heavy atom. The number of amides is 2. The summed E-state index contributed by atoms with van der Waals surface area (Å²) in [4.78, 5) is 25.4. The van der Waals surface area contributed by atoms with Gasteiger partial charge in [-0.05, 0) is 49.8 Å². The lowest BCUT2D eigenvalue weighted by atomic mass is 9.70. The van der Waals surface area contributed by atoms with Crippen molar-refractivity contribution in [3.63, 3.8) is 0 Å². The minimum atomic E-state index is -0.542. The molecule has 2 saturated carbocycles. The summed E-state index contributed by atoms with van der Waals surface area (Å²) in [5, 5.41) is 6.13. The van der Waals surface area contributed by atoms with Crippen LogP contribution in [0.3, 0.4) is 0 Å². The zero-order valence-electron chi connectivity index (χ0n) is 14.6. The smallest absolute Gasteiger partial charge is 0.231 e. The highest BCUT2D eigenvalue weighted by molar-refractivity contribution is 5.98. The van der Waals surface area contributed by atoms with Crippen molar-refractivity contribution in [1.29, 1.82) is 0 Å². The van der Waals surface area contributed by atoms with Crippen molar-refractivity contribution >= 4 is 17.5 Å². The van der Waals surface area contributed by atoms with E-state index < -0.39 is 5.41 Å². The molecule has 0 spiro atoms. The zero-order valence-corrected chi connectivity index (χ0v) is 14.6. The van der Waals surface area contributed by atoms with E-state index in [0.717, 1.165) is 57.1 Å². The highest BCUT2D eigenvalue weighted by Gasteiger charge is 2.42. The van der Waals surface area contributed by atoms with Crippen molar-refractivity contribution in [2.75, 3.05) is 5.32 Å². The second kappa shape index (κ2) is 7.37. The van der Waals surface area contributed by atoms with E-state index >= 15 is 0 Å². The summed E-state index contributed by atoms with van der Waals surface area (Å²) in [5.74, 6) is 0.0539. The monoisotopic (exact) mass is 328 g/mol. The molecule has 2 N–H and O–H groups in total. The summed E-state index contributed by atoms with van der Waals surface area (Å²) in [5.41, 5.74) is 1.50. The SMILES string of the molecule is CCc1cccc(NC(=O)C2(CC(=O)NC3CC3)CCCCC2)c1. The molecule has 1 aromatic rings. The topological polar surface area (TPSA) is 58.2 Å². The number of benzene rings is 1. The normalized spacial score (nSPS) is 19.5. The predicted molar refractivity (Wildman–Crippen MR) is 95.7 cm³/mol. The van der Waals surface area contributed by atoms with Crippen LogP contribution in [0.4, 0.5) is 5.69 Å². The Labute approximate surface area is 144 Å². The van der Waals surface area contributed by atoms with Crippen LogP contribution >= 0.6 is 0 Å². The van der Waals surface area contributed by atoms with Gasteiger partial charge in [-0.2, -0.15) is 0 Å². The van der Waals surface area contributed by atoms with Crippen LogP contribution in [0.25, 0.3) is 0 Å². The average molecular weight is 328 g/mol. The summed E-state index contributed by atoms with van der Waals surface area (Å²) < 4.78 is 0. The van der Waals surface area contributed by atoms with Crippen molar-refractivity contribution < 1.29 is 9.59 Å². The number of hydrogen-bond acceptors (Lipinski definition) is 2. The van der Waals surface area contributed by atoms with Gasteiger partial charge < -0.3 is 10.6 Å². The van der Waals surface area contributed by atoms with Gasteiger partial charge in [0.1, 0.15) is 0 Å². The van der Waals surface area contributed by atoms with Crippen molar-refractivity contribution in [3.8, 4) is 0 Å².